The second kappa shape index (κ2) is 5.45. The van der Waals surface area contributed by atoms with Gasteiger partial charge in [0.05, 0.1) is 0 Å². The number of piperazine rings is 1. The van der Waals surface area contributed by atoms with Crippen molar-refractivity contribution in [2.45, 2.75) is 27.2 Å². The molecule has 0 bridgehead atoms. The third-order valence-electron chi connectivity index (χ3n) is 2.92. The first-order valence-electron chi connectivity index (χ1n) is 6.45. The monoisotopic (exact) mass is 234 g/mol. The molecule has 0 amide bonds. The van der Waals surface area contributed by atoms with Gasteiger partial charge in [0, 0.05) is 44.4 Å². The molecule has 0 spiro atoms. The number of hydrogen-bond acceptors (Lipinski definition) is 4. The van der Waals surface area contributed by atoms with E-state index in [0.29, 0.717) is 5.92 Å². The van der Waals surface area contributed by atoms with Gasteiger partial charge >= 0.3 is 0 Å². The van der Waals surface area contributed by atoms with Crippen molar-refractivity contribution >= 4 is 5.82 Å². The molecule has 4 heteroatoms. The van der Waals surface area contributed by atoms with Crippen LogP contribution in [0.3, 0.4) is 0 Å². The van der Waals surface area contributed by atoms with Crippen molar-refractivity contribution in [3.63, 3.8) is 0 Å². The topological polar surface area (TPSA) is 41.0 Å². The molecule has 94 valence electrons. The SMILES string of the molecule is Cc1cc(N2CCNCC2)nc(CC(C)C)n1. The maximum atomic E-state index is 4.68. The summed E-state index contributed by atoms with van der Waals surface area (Å²) < 4.78 is 0. The summed E-state index contributed by atoms with van der Waals surface area (Å²) >= 11 is 0. The smallest absolute Gasteiger partial charge is 0.132 e. The Morgan fingerprint density at radius 2 is 2.00 bits per heavy atom. The highest BCUT2D eigenvalue weighted by Gasteiger charge is 2.13. The maximum Gasteiger partial charge on any atom is 0.132 e. The number of rotatable bonds is 3. The van der Waals surface area contributed by atoms with Crippen molar-refractivity contribution in [1.29, 1.82) is 0 Å². The van der Waals surface area contributed by atoms with Gasteiger partial charge in [-0.2, -0.15) is 0 Å². The minimum Gasteiger partial charge on any atom is -0.354 e. The zero-order chi connectivity index (χ0) is 12.3. The van der Waals surface area contributed by atoms with Gasteiger partial charge in [-0.1, -0.05) is 13.8 Å². The van der Waals surface area contributed by atoms with Gasteiger partial charge in [0.1, 0.15) is 11.6 Å². The third-order valence-corrected chi connectivity index (χ3v) is 2.92. The van der Waals surface area contributed by atoms with Crippen LogP contribution in [0.25, 0.3) is 0 Å². The van der Waals surface area contributed by atoms with E-state index in [1.54, 1.807) is 0 Å². The molecule has 1 aromatic rings. The van der Waals surface area contributed by atoms with Crippen LogP contribution in [0.1, 0.15) is 25.4 Å². The molecule has 1 aromatic heterocycles. The lowest BCUT2D eigenvalue weighted by atomic mass is 10.1. The zero-order valence-electron chi connectivity index (χ0n) is 11.0. The summed E-state index contributed by atoms with van der Waals surface area (Å²) in [5.74, 6) is 2.68. The summed E-state index contributed by atoms with van der Waals surface area (Å²) in [5.41, 5.74) is 1.07. The Kier molecular flexibility index (Phi) is 3.94. The van der Waals surface area contributed by atoms with Crippen LogP contribution in [0.5, 0.6) is 0 Å². The van der Waals surface area contributed by atoms with Crippen molar-refractivity contribution < 1.29 is 0 Å². The maximum absolute atomic E-state index is 4.68. The predicted octanol–water partition coefficient (Wildman–Crippen LogP) is 1.39. The Morgan fingerprint density at radius 3 is 2.65 bits per heavy atom. The molecular formula is C13H22N4. The van der Waals surface area contributed by atoms with E-state index in [1.807, 2.05) is 0 Å². The molecular weight excluding hydrogens is 212 g/mol. The molecule has 1 aliphatic rings. The van der Waals surface area contributed by atoms with E-state index in [2.05, 4.69) is 47.0 Å². The molecule has 0 saturated carbocycles. The first-order chi connectivity index (χ1) is 8.15. The zero-order valence-corrected chi connectivity index (χ0v) is 11.0. The van der Waals surface area contributed by atoms with Crippen LogP contribution < -0.4 is 10.2 Å². The Bertz CT molecular complexity index is 370. The summed E-state index contributed by atoms with van der Waals surface area (Å²) in [6.07, 6.45) is 0.959. The minimum absolute atomic E-state index is 0.604. The fourth-order valence-electron chi connectivity index (χ4n) is 2.12. The molecule has 1 N–H and O–H groups in total. The second-order valence-corrected chi connectivity index (χ2v) is 5.12. The number of nitrogens with one attached hydrogen (secondary N) is 1. The molecule has 1 fully saturated rings. The molecule has 0 aromatic carbocycles. The minimum atomic E-state index is 0.604. The van der Waals surface area contributed by atoms with Gasteiger partial charge in [0.2, 0.25) is 0 Å². The molecule has 17 heavy (non-hydrogen) atoms. The van der Waals surface area contributed by atoms with E-state index in [0.717, 1.165) is 49.9 Å². The number of aryl methyl sites for hydroxylation is 1. The van der Waals surface area contributed by atoms with Crippen molar-refractivity contribution in [2.75, 3.05) is 31.1 Å². The largest absolute Gasteiger partial charge is 0.354 e. The average molecular weight is 234 g/mol. The Hall–Kier alpha value is -1.16. The molecule has 0 aliphatic carbocycles. The van der Waals surface area contributed by atoms with E-state index in [4.69, 9.17) is 0 Å². The molecule has 4 nitrogen and oxygen atoms in total. The summed E-state index contributed by atoms with van der Waals surface area (Å²) in [6.45, 7) is 10.6. The summed E-state index contributed by atoms with van der Waals surface area (Å²) in [6, 6.07) is 2.09. The Balaban J connectivity index is 2.18. The van der Waals surface area contributed by atoms with Crippen molar-refractivity contribution in [3.8, 4) is 0 Å². The average Bonchev–Trinajstić information content (AvgIpc) is 2.28. The highest BCUT2D eigenvalue weighted by atomic mass is 15.2. The summed E-state index contributed by atoms with van der Waals surface area (Å²) in [5, 5.41) is 3.36. The van der Waals surface area contributed by atoms with Crippen LogP contribution in [0.2, 0.25) is 0 Å². The Labute approximate surface area is 103 Å². The van der Waals surface area contributed by atoms with Gasteiger partial charge in [-0.05, 0) is 12.8 Å². The summed E-state index contributed by atoms with van der Waals surface area (Å²) in [4.78, 5) is 11.5. The molecule has 0 unspecified atom stereocenters. The van der Waals surface area contributed by atoms with E-state index in [9.17, 15) is 0 Å². The number of nitrogens with zero attached hydrogens (tertiary/aromatic N) is 3. The van der Waals surface area contributed by atoms with E-state index in [1.165, 1.54) is 0 Å². The lowest BCUT2D eigenvalue weighted by Gasteiger charge is -2.28. The van der Waals surface area contributed by atoms with Crippen LogP contribution in [0.15, 0.2) is 6.07 Å². The van der Waals surface area contributed by atoms with Gasteiger partial charge in [-0.15, -0.1) is 0 Å². The second-order valence-electron chi connectivity index (χ2n) is 5.12. The van der Waals surface area contributed by atoms with Crippen LogP contribution in [0, 0.1) is 12.8 Å². The molecule has 2 heterocycles. The lowest BCUT2D eigenvalue weighted by Crippen LogP contribution is -2.44. The van der Waals surface area contributed by atoms with Crippen LogP contribution in [0.4, 0.5) is 5.82 Å². The predicted molar refractivity (Wildman–Crippen MR) is 70.4 cm³/mol. The normalized spacial score (nSPS) is 16.6. The van der Waals surface area contributed by atoms with E-state index in [-0.39, 0.29) is 0 Å². The van der Waals surface area contributed by atoms with E-state index >= 15 is 0 Å². The number of hydrogen-bond donors (Lipinski definition) is 1. The fraction of sp³-hybridized carbons (Fsp3) is 0.692. The van der Waals surface area contributed by atoms with Crippen molar-refractivity contribution in [1.82, 2.24) is 15.3 Å². The highest BCUT2D eigenvalue weighted by molar-refractivity contribution is 5.40. The molecule has 1 saturated heterocycles. The van der Waals surface area contributed by atoms with E-state index < -0.39 is 0 Å². The quantitative estimate of drug-likeness (QED) is 0.858. The highest BCUT2D eigenvalue weighted by Crippen LogP contribution is 2.14. The van der Waals surface area contributed by atoms with Crippen LogP contribution in [-0.2, 0) is 6.42 Å². The number of anilines is 1. The van der Waals surface area contributed by atoms with Crippen LogP contribution >= 0.6 is 0 Å². The van der Waals surface area contributed by atoms with Crippen molar-refractivity contribution in [2.24, 2.45) is 5.92 Å². The molecule has 1 aliphatic heterocycles. The first kappa shape index (κ1) is 12.3. The molecule has 0 radical (unpaired) electrons. The molecule has 2 rings (SSSR count). The first-order valence-corrected chi connectivity index (χ1v) is 6.45. The number of aromatic nitrogens is 2. The molecule has 0 atom stereocenters. The Morgan fingerprint density at radius 1 is 1.29 bits per heavy atom. The fourth-order valence-corrected chi connectivity index (χ4v) is 2.12. The van der Waals surface area contributed by atoms with Crippen molar-refractivity contribution in [3.05, 3.63) is 17.6 Å². The van der Waals surface area contributed by atoms with Gasteiger partial charge in [0.25, 0.3) is 0 Å². The van der Waals surface area contributed by atoms with Gasteiger partial charge in [-0.25, -0.2) is 9.97 Å². The lowest BCUT2D eigenvalue weighted by molar-refractivity contribution is 0.578. The standard InChI is InChI=1S/C13H22N4/c1-10(2)8-12-15-11(3)9-13(16-12)17-6-4-14-5-7-17/h9-10,14H,4-8H2,1-3H3. The van der Waals surface area contributed by atoms with Gasteiger partial charge in [0.15, 0.2) is 0 Å². The van der Waals surface area contributed by atoms with Gasteiger partial charge in [-0.3, -0.25) is 0 Å². The van der Waals surface area contributed by atoms with Crippen LogP contribution in [-0.4, -0.2) is 36.1 Å². The third kappa shape index (κ3) is 3.40. The van der Waals surface area contributed by atoms with Gasteiger partial charge < -0.3 is 10.2 Å². The summed E-state index contributed by atoms with van der Waals surface area (Å²) in [7, 11) is 0.